The fraction of sp³-hybridized carbons (Fsp3) is 0.471. The Labute approximate surface area is 139 Å². The van der Waals surface area contributed by atoms with Crippen molar-refractivity contribution in [3.05, 3.63) is 30.3 Å². The molecule has 7 heteroatoms. The number of hydrogen-bond donors (Lipinski definition) is 0. The number of amides is 1. The van der Waals surface area contributed by atoms with Gasteiger partial charge in [-0.25, -0.2) is 9.69 Å². The van der Waals surface area contributed by atoms with E-state index in [2.05, 4.69) is 15.1 Å². The molecule has 2 bridgehead atoms. The molecule has 0 radical (unpaired) electrons. The molecule has 0 aliphatic carbocycles. The van der Waals surface area contributed by atoms with Crippen molar-refractivity contribution in [3.8, 4) is 11.5 Å². The van der Waals surface area contributed by atoms with Gasteiger partial charge < -0.3 is 9.15 Å². The molecule has 4 aliphatic rings. The third-order valence-electron chi connectivity index (χ3n) is 5.43. The minimum atomic E-state index is -0.422. The number of carbonyl (C=O) groups is 1. The zero-order valence-corrected chi connectivity index (χ0v) is 13.2. The fourth-order valence-electron chi connectivity index (χ4n) is 4.18. The Morgan fingerprint density at radius 1 is 1.08 bits per heavy atom. The molecule has 1 amide bonds. The van der Waals surface area contributed by atoms with Crippen molar-refractivity contribution in [2.24, 2.45) is 5.92 Å². The lowest BCUT2D eigenvalue weighted by Gasteiger charge is -2.49. The molecule has 0 N–H and O–H groups in total. The molecule has 4 fully saturated rings. The van der Waals surface area contributed by atoms with Gasteiger partial charge in [0.25, 0.3) is 0 Å². The monoisotopic (exact) mass is 326 g/mol. The first-order valence-corrected chi connectivity index (χ1v) is 8.35. The van der Waals surface area contributed by atoms with Gasteiger partial charge in [0.1, 0.15) is 5.60 Å². The molecular formula is C17H18N4O3. The molecule has 6 rings (SSSR count). The zero-order chi connectivity index (χ0) is 16.1. The normalized spacial score (nSPS) is 31.7. The lowest BCUT2D eigenvalue weighted by Crippen LogP contribution is -2.61. The number of benzene rings is 1. The van der Waals surface area contributed by atoms with Crippen molar-refractivity contribution in [2.45, 2.75) is 18.4 Å². The van der Waals surface area contributed by atoms with Gasteiger partial charge in [-0.1, -0.05) is 23.3 Å². The van der Waals surface area contributed by atoms with Crippen molar-refractivity contribution < 1.29 is 13.9 Å². The molecule has 124 valence electrons. The molecule has 0 saturated carbocycles. The average molecular weight is 326 g/mol. The molecule has 5 heterocycles. The summed E-state index contributed by atoms with van der Waals surface area (Å²) >= 11 is 0. The molecule has 24 heavy (non-hydrogen) atoms. The Bertz CT molecular complexity index is 769. The van der Waals surface area contributed by atoms with Crippen LogP contribution in [0.1, 0.15) is 12.8 Å². The van der Waals surface area contributed by atoms with Crippen LogP contribution in [0.2, 0.25) is 0 Å². The standard InChI is InChI=1S/C17H18N4O3/c22-16-21(11-17(24-16)10-20-8-6-13(17)7-9-20)15-19-18-14(23-15)12-4-2-1-3-5-12/h1-5,13H,6-11H2/t17-/m1/s1. The summed E-state index contributed by atoms with van der Waals surface area (Å²) in [5.74, 6) is 0.834. The van der Waals surface area contributed by atoms with Crippen molar-refractivity contribution in [1.82, 2.24) is 15.1 Å². The summed E-state index contributed by atoms with van der Waals surface area (Å²) in [5.41, 5.74) is 0.413. The second-order valence-corrected chi connectivity index (χ2v) is 6.83. The van der Waals surface area contributed by atoms with Gasteiger partial charge in [0.15, 0.2) is 0 Å². The largest absolute Gasteiger partial charge is 0.439 e. The number of nitrogens with zero attached hydrogens (tertiary/aromatic N) is 4. The number of fused-ring (bicyclic) bond motifs is 2. The van der Waals surface area contributed by atoms with E-state index in [4.69, 9.17) is 9.15 Å². The number of ether oxygens (including phenoxy) is 1. The predicted molar refractivity (Wildman–Crippen MR) is 85.5 cm³/mol. The molecule has 1 atom stereocenters. The van der Waals surface area contributed by atoms with Gasteiger partial charge in [0.2, 0.25) is 5.89 Å². The summed E-state index contributed by atoms with van der Waals surface area (Å²) in [7, 11) is 0. The van der Waals surface area contributed by atoms with Gasteiger partial charge >= 0.3 is 12.1 Å². The first kappa shape index (κ1) is 14.0. The first-order chi connectivity index (χ1) is 11.7. The Balaban J connectivity index is 1.42. The number of hydrogen-bond acceptors (Lipinski definition) is 6. The number of piperidine rings is 3. The highest BCUT2D eigenvalue weighted by molar-refractivity contribution is 5.88. The molecule has 1 aromatic carbocycles. The fourth-order valence-corrected chi connectivity index (χ4v) is 4.18. The summed E-state index contributed by atoms with van der Waals surface area (Å²) in [4.78, 5) is 16.3. The van der Waals surface area contributed by atoms with E-state index in [1.807, 2.05) is 30.3 Å². The molecule has 4 aliphatic heterocycles. The first-order valence-electron chi connectivity index (χ1n) is 8.35. The zero-order valence-electron chi connectivity index (χ0n) is 13.2. The van der Waals surface area contributed by atoms with E-state index in [1.54, 1.807) is 0 Å². The van der Waals surface area contributed by atoms with Crippen LogP contribution in [0.4, 0.5) is 10.8 Å². The predicted octanol–water partition coefficient (Wildman–Crippen LogP) is 2.16. The van der Waals surface area contributed by atoms with Gasteiger partial charge in [-0.05, 0) is 38.1 Å². The lowest BCUT2D eigenvalue weighted by atomic mass is 9.75. The van der Waals surface area contributed by atoms with Crippen LogP contribution in [0.25, 0.3) is 11.5 Å². The minimum Gasteiger partial charge on any atom is -0.439 e. The van der Waals surface area contributed by atoms with E-state index in [-0.39, 0.29) is 12.1 Å². The Hall–Kier alpha value is -2.41. The third kappa shape index (κ3) is 2.04. The molecule has 4 saturated heterocycles. The van der Waals surface area contributed by atoms with Crippen molar-refractivity contribution >= 4 is 12.1 Å². The molecular weight excluding hydrogens is 308 g/mol. The van der Waals surface area contributed by atoms with Crippen LogP contribution >= 0.6 is 0 Å². The van der Waals surface area contributed by atoms with Crippen molar-refractivity contribution in [2.75, 3.05) is 31.1 Å². The summed E-state index contributed by atoms with van der Waals surface area (Å²) in [6.07, 6.45) is 1.78. The van der Waals surface area contributed by atoms with Gasteiger partial charge in [-0.2, -0.15) is 0 Å². The van der Waals surface area contributed by atoms with Gasteiger partial charge in [0, 0.05) is 18.0 Å². The molecule has 1 spiro atoms. The second-order valence-electron chi connectivity index (χ2n) is 6.83. The van der Waals surface area contributed by atoms with Crippen LogP contribution in [-0.4, -0.2) is 53.0 Å². The Morgan fingerprint density at radius 2 is 1.88 bits per heavy atom. The average Bonchev–Trinajstić information content (AvgIpc) is 3.22. The molecule has 1 aromatic heterocycles. The Kier molecular flexibility index (Phi) is 2.94. The maximum atomic E-state index is 12.4. The van der Waals surface area contributed by atoms with E-state index in [9.17, 15) is 4.79 Å². The summed E-state index contributed by atoms with van der Waals surface area (Å²) in [5, 5.41) is 8.13. The van der Waals surface area contributed by atoms with E-state index in [0.717, 1.165) is 38.0 Å². The molecule has 7 nitrogen and oxygen atoms in total. The van der Waals surface area contributed by atoms with E-state index >= 15 is 0 Å². The summed E-state index contributed by atoms with van der Waals surface area (Å²) in [6.45, 7) is 3.49. The summed E-state index contributed by atoms with van der Waals surface area (Å²) < 4.78 is 11.6. The lowest BCUT2D eigenvalue weighted by molar-refractivity contribution is -0.0881. The van der Waals surface area contributed by atoms with Crippen LogP contribution in [0.3, 0.4) is 0 Å². The third-order valence-corrected chi connectivity index (χ3v) is 5.43. The van der Waals surface area contributed by atoms with Crippen molar-refractivity contribution in [3.63, 3.8) is 0 Å². The SMILES string of the molecule is O=C1O[C@]2(CN3CCC2CC3)CN1c1nnc(-c2ccccc2)o1. The van der Waals surface area contributed by atoms with Crippen LogP contribution < -0.4 is 4.90 Å². The van der Waals surface area contributed by atoms with Crippen LogP contribution in [0, 0.1) is 5.92 Å². The molecule has 0 unspecified atom stereocenters. The van der Waals surface area contributed by atoms with E-state index in [1.165, 1.54) is 4.90 Å². The second kappa shape index (κ2) is 5.04. The van der Waals surface area contributed by atoms with Crippen LogP contribution in [0.15, 0.2) is 34.7 Å². The van der Waals surface area contributed by atoms with E-state index < -0.39 is 5.60 Å². The quantitative estimate of drug-likeness (QED) is 0.842. The number of aromatic nitrogens is 2. The van der Waals surface area contributed by atoms with Gasteiger partial charge in [0.05, 0.1) is 6.54 Å². The highest BCUT2D eigenvalue weighted by Crippen LogP contribution is 2.43. The smallest absolute Gasteiger partial charge is 0.418 e. The summed E-state index contributed by atoms with van der Waals surface area (Å²) in [6, 6.07) is 9.75. The maximum absolute atomic E-state index is 12.4. The van der Waals surface area contributed by atoms with Crippen LogP contribution in [0.5, 0.6) is 0 Å². The van der Waals surface area contributed by atoms with Gasteiger partial charge in [-0.3, -0.25) is 4.90 Å². The van der Waals surface area contributed by atoms with Crippen molar-refractivity contribution in [1.29, 1.82) is 0 Å². The highest BCUT2D eigenvalue weighted by atomic mass is 16.6. The number of carbonyl (C=O) groups excluding carboxylic acids is 1. The topological polar surface area (TPSA) is 71.7 Å². The molecule has 2 aromatic rings. The maximum Gasteiger partial charge on any atom is 0.418 e. The minimum absolute atomic E-state index is 0.215. The van der Waals surface area contributed by atoms with Gasteiger partial charge in [-0.15, -0.1) is 5.10 Å². The Morgan fingerprint density at radius 3 is 2.58 bits per heavy atom. The number of rotatable bonds is 2. The number of anilines is 1. The van der Waals surface area contributed by atoms with E-state index in [0.29, 0.717) is 18.4 Å². The van der Waals surface area contributed by atoms with Crippen LogP contribution in [-0.2, 0) is 4.74 Å². The highest BCUT2D eigenvalue weighted by Gasteiger charge is 2.56.